The van der Waals surface area contributed by atoms with E-state index in [1.54, 1.807) is 23.5 Å². The van der Waals surface area contributed by atoms with E-state index in [1.807, 2.05) is 11.4 Å². The van der Waals surface area contributed by atoms with E-state index in [4.69, 9.17) is 0 Å². The molecule has 0 aliphatic carbocycles. The minimum atomic E-state index is -4.29. The molecule has 2 nitrogen and oxygen atoms in total. The predicted octanol–water partition coefficient (Wildman–Crippen LogP) is 4.18. The molecule has 1 aromatic heterocycles. The molecule has 2 heterocycles. The molecule has 1 aromatic carbocycles. The Hall–Kier alpha value is -1.08. The van der Waals surface area contributed by atoms with E-state index >= 15 is 0 Å². The summed E-state index contributed by atoms with van der Waals surface area (Å²) in [6.45, 7) is 3.60. The fraction of sp³-hybridized carbons (Fsp3) is 0.375. The maximum absolute atomic E-state index is 12.7. The lowest BCUT2D eigenvalue weighted by atomic mass is 10.0. The second kappa shape index (κ2) is 7.66. The average Bonchev–Trinajstić information content (AvgIpc) is 3.02. The summed E-state index contributed by atoms with van der Waals surface area (Å²) in [6, 6.07) is 9.64. The van der Waals surface area contributed by atoms with Gasteiger partial charge in [0.2, 0.25) is 0 Å². The molecule has 0 spiro atoms. The van der Waals surface area contributed by atoms with Crippen LogP contribution in [0.15, 0.2) is 41.8 Å². The molecule has 0 bridgehead atoms. The second-order valence-electron chi connectivity index (χ2n) is 5.32. The third-order valence-corrected chi connectivity index (χ3v) is 4.81. The molecule has 7 heteroatoms. The van der Waals surface area contributed by atoms with E-state index in [0.29, 0.717) is 0 Å². The Balaban J connectivity index is 0.00000192. The highest BCUT2D eigenvalue weighted by molar-refractivity contribution is 7.10. The number of hydrogen-bond donors (Lipinski definition) is 1. The van der Waals surface area contributed by atoms with Crippen LogP contribution in [0.25, 0.3) is 0 Å². The Labute approximate surface area is 143 Å². The fourth-order valence-electron chi connectivity index (χ4n) is 2.80. The van der Waals surface area contributed by atoms with Crippen molar-refractivity contribution in [1.82, 2.24) is 10.2 Å². The van der Waals surface area contributed by atoms with Gasteiger partial charge in [-0.1, -0.05) is 18.2 Å². The van der Waals surface area contributed by atoms with E-state index in [0.717, 1.165) is 31.7 Å². The number of thiophene rings is 1. The molecule has 0 unspecified atom stereocenters. The topological polar surface area (TPSA) is 15.3 Å². The standard InChI is InChI=1S/C16H17F3N2S.ClH/c17-16(18,19)13-5-3-12(4-6-13)15(14-2-1-11-22-14)21-9-7-20-8-10-21;/h1-6,11,15,20H,7-10H2;1H/t15-;/m0./s1. The van der Waals surface area contributed by atoms with Gasteiger partial charge < -0.3 is 5.32 Å². The van der Waals surface area contributed by atoms with Gasteiger partial charge in [-0.15, -0.1) is 23.7 Å². The van der Waals surface area contributed by atoms with Crippen molar-refractivity contribution < 1.29 is 13.2 Å². The molecule has 1 saturated heterocycles. The third kappa shape index (κ3) is 4.26. The monoisotopic (exact) mass is 362 g/mol. The van der Waals surface area contributed by atoms with E-state index < -0.39 is 11.7 Å². The lowest BCUT2D eigenvalue weighted by Crippen LogP contribution is -2.45. The number of alkyl halides is 3. The Kier molecular flexibility index (Phi) is 6.08. The molecule has 0 amide bonds. The molecule has 1 N–H and O–H groups in total. The van der Waals surface area contributed by atoms with Gasteiger partial charge in [0.15, 0.2) is 0 Å². The van der Waals surface area contributed by atoms with Crippen molar-refractivity contribution in [3.63, 3.8) is 0 Å². The molecular weight excluding hydrogens is 345 g/mol. The quantitative estimate of drug-likeness (QED) is 0.881. The van der Waals surface area contributed by atoms with Crippen LogP contribution in [0.2, 0.25) is 0 Å². The van der Waals surface area contributed by atoms with Crippen molar-refractivity contribution in [2.45, 2.75) is 12.2 Å². The van der Waals surface area contributed by atoms with E-state index in [9.17, 15) is 13.2 Å². The summed E-state index contributed by atoms with van der Waals surface area (Å²) in [6.07, 6.45) is -4.29. The van der Waals surface area contributed by atoms with Gasteiger partial charge in [0.25, 0.3) is 0 Å². The molecule has 2 aromatic rings. The van der Waals surface area contributed by atoms with Crippen molar-refractivity contribution in [3.8, 4) is 0 Å². The first-order chi connectivity index (χ1) is 10.6. The second-order valence-corrected chi connectivity index (χ2v) is 6.30. The Morgan fingerprint density at radius 1 is 1.04 bits per heavy atom. The molecule has 0 radical (unpaired) electrons. The maximum Gasteiger partial charge on any atom is 0.416 e. The number of hydrogen-bond acceptors (Lipinski definition) is 3. The molecule has 1 aliphatic heterocycles. The summed E-state index contributed by atoms with van der Waals surface area (Å²) in [7, 11) is 0. The van der Waals surface area contributed by atoms with Gasteiger partial charge in [0.1, 0.15) is 0 Å². The van der Waals surface area contributed by atoms with Crippen molar-refractivity contribution in [3.05, 3.63) is 57.8 Å². The first-order valence-electron chi connectivity index (χ1n) is 7.21. The van der Waals surface area contributed by atoms with E-state index in [1.165, 1.54) is 17.0 Å². The summed E-state index contributed by atoms with van der Waals surface area (Å²) >= 11 is 1.64. The number of halogens is 4. The van der Waals surface area contributed by atoms with Crippen molar-refractivity contribution in [2.24, 2.45) is 0 Å². The van der Waals surface area contributed by atoms with Gasteiger partial charge in [-0.2, -0.15) is 13.2 Å². The van der Waals surface area contributed by atoms with Crippen LogP contribution in [-0.4, -0.2) is 31.1 Å². The van der Waals surface area contributed by atoms with Gasteiger partial charge in [-0.3, -0.25) is 4.90 Å². The molecule has 1 aliphatic rings. The predicted molar refractivity (Wildman–Crippen MR) is 89.3 cm³/mol. The summed E-state index contributed by atoms with van der Waals surface area (Å²) in [5.41, 5.74) is 0.318. The zero-order chi connectivity index (χ0) is 15.6. The normalized spacial score (nSPS) is 17.5. The first-order valence-corrected chi connectivity index (χ1v) is 8.09. The number of nitrogens with one attached hydrogen (secondary N) is 1. The van der Waals surface area contributed by atoms with Gasteiger partial charge in [-0.25, -0.2) is 0 Å². The summed E-state index contributed by atoms with van der Waals surface area (Å²) in [5.74, 6) is 0. The summed E-state index contributed by atoms with van der Waals surface area (Å²) in [5, 5.41) is 5.32. The minimum absolute atomic E-state index is 0. The Bertz CT molecular complexity index is 593. The maximum atomic E-state index is 12.7. The van der Waals surface area contributed by atoms with Crippen LogP contribution < -0.4 is 5.32 Å². The molecule has 1 atom stereocenters. The van der Waals surface area contributed by atoms with Gasteiger partial charge in [0.05, 0.1) is 11.6 Å². The van der Waals surface area contributed by atoms with Crippen molar-refractivity contribution in [2.75, 3.05) is 26.2 Å². The van der Waals surface area contributed by atoms with Gasteiger partial charge in [-0.05, 0) is 29.1 Å². The van der Waals surface area contributed by atoms with Crippen LogP contribution >= 0.6 is 23.7 Å². The number of benzene rings is 1. The average molecular weight is 363 g/mol. The third-order valence-electron chi connectivity index (χ3n) is 3.88. The highest BCUT2D eigenvalue weighted by Gasteiger charge is 2.31. The zero-order valence-electron chi connectivity index (χ0n) is 12.3. The SMILES string of the molecule is Cl.FC(F)(F)c1ccc([C@@H](c2cccs2)N2CCNCC2)cc1. The Morgan fingerprint density at radius 3 is 2.22 bits per heavy atom. The minimum Gasteiger partial charge on any atom is -0.314 e. The number of rotatable bonds is 3. The highest BCUT2D eigenvalue weighted by atomic mass is 35.5. The first kappa shape index (κ1) is 18.3. The molecule has 1 fully saturated rings. The van der Waals surface area contributed by atoms with Crippen molar-refractivity contribution >= 4 is 23.7 Å². The lowest BCUT2D eigenvalue weighted by Gasteiger charge is -2.34. The van der Waals surface area contributed by atoms with E-state index in [2.05, 4.69) is 16.3 Å². The lowest BCUT2D eigenvalue weighted by molar-refractivity contribution is -0.137. The number of piperazine rings is 1. The molecule has 3 rings (SSSR count). The smallest absolute Gasteiger partial charge is 0.314 e. The van der Waals surface area contributed by atoms with Crippen LogP contribution in [0.5, 0.6) is 0 Å². The molecule has 0 saturated carbocycles. The molecule has 23 heavy (non-hydrogen) atoms. The summed E-state index contributed by atoms with van der Waals surface area (Å²) < 4.78 is 38.2. The molecule has 126 valence electrons. The van der Waals surface area contributed by atoms with Gasteiger partial charge >= 0.3 is 6.18 Å². The van der Waals surface area contributed by atoms with Crippen LogP contribution in [0.4, 0.5) is 13.2 Å². The largest absolute Gasteiger partial charge is 0.416 e. The van der Waals surface area contributed by atoms with Crippen molar-refractivity contribution in [1.29, 1.82) is 0 Å². The summed E-state index contributed by atoms with van der Waals surface area (Å²) in [4.78, 5) is 3.49. The molecular formula is C16H18ClF3N2S. The fourth-order valence-corrected chi connectivity index (χ4v) is 3.68. The van der Waals surface area contributed by atoms with Crippen LogP contribution in [0.1, 0.15) is 22.0 Å². The van der Waals surface area contributed by atoms with Crippen LogP contribution in [0.3, 0.4) is 0 Å². The van der Waals surface area contributed by atoms with Gasteiger partial charge in [0, 0.05) is 31.1 Å². The highest BCUT2D eigenvalue weighted by Crippen LogP contribution is 2.34. The van der Waals surface area contributed by atoms with Crippen LogP contribution in [0, 0.1) is 0 Å². The van der Waals surface area contributed by atoms with Crippen LogP contribution in [-0.2, 0) is 6.18 Å². The number of nitrogens with zero attached hydrogens (tertiary/aromatic N) is 1. The zero-order valence-corrected chi connectivity index (χ0v) is 14.0. The van der Waals surface area contributed by atoms with E-state index in [-0.39, 0.29) is 18.4 Å². The Morgan fingerprint density at radius 2 is 1.70 bits per heavy atom.